The van der Waals surface area contributed by atoms with Crippen molar-refractivity contribution < 1.29 is 19.1 Å². The second kappa shape index (κ2) is 10.1. The van der Waals surface area contributed by atoms with Gasteiger partial charge in [0.05, 0.1) is 19.0 Å². The van der Waals surface area contributed by atoms with Gasteiger partial charge in [0.15, 0.2) is 6.61 Å². The molecule has 6 nitrogen and oxygen atoms in total. The highest BCUT2D eigenvalue weighted by Crippen LogP contribution is 2.22. The monoisotopic (exact) mass is 400 g/mol. The van der Waals surface area contributed by atoms with Crippen LogP contribution in [-0.4, -0.2) is 50.5 Å². The van der Waals surface area contributed by atoms with E-state index in [0.717, 1.165) is 42.4 Å². The maximum absolute atomic E-state index is 12.0. The Labute approximate surface area is 169 Å². The van der Waals surface area contributed by atoms with Crippen molar-refractivity contribution in [2.75, 3.05) is 48.9 Å². The molecule has 0 bridgehead atoms. The third-order valence-corrected chi connectivity index (χ3v) is 5.48. The summed E-state index contributed by atoms with van der Waals surface area (Å²) in [6, 6.07) is 15.5. The first-order chi connectivity index (χ1) is 13.6. The molecule has 1 heterocycles. The van der Waals surface area contributed by atoms with Crippen LogP contribution in [0.3, 0.4) is 0 Å². The van der Waals surface area contributed by atoms with E-state index in [1.54, 1.807) is 0 Å². The number of amides is 1. The predicted octanol–water partition coefficient (Wildman–Crippen LogP) is 3.11. The van der Waals surface area contributed by atoms with Crippen LogP contribution < -0.4 is 10.2 Å². The summed E-state index contributed by atoms with van der Waals surface area (Å²) in [6.45, 7) is 4.88. The van der Waals surface area contributed by atoms with Crippen LogP contribution in [0, 0.1) is 6.92 Å². The number of ether oxygens (including phenoxy) is 2. The summed E-state index contributed by atoms with van der Waals surface area (Å²) >= 11 is 1.41. The molecule has 1 aliphatic heterocycles. The summed E-state index contributed by atoms with van der Waals surface area (Å²) in [4.78, 5) is 27.1. The van der Waals surface area contributed by atoms with Gasteiger partial charge >= 0.3 is 5.97 Å². The molecule has 1 saturated heterocycles. The molecule has 2 aromatic carbocycles. The first-order valence-corrected chi connectivity index (χ1v) is 10.2. The Hall–Kier alpha value is -2.51. The largest absolute Gasteiger partial charge is 0.455 e. The lowest BCUT2D eigenvalue weighted by molar-refractivity contribution is -0.144. The molecule has 3 rings (SSSR count). The molecule has 28 heavy (non-hydrogen) atoms. The summed E-state index contributed by atoms with van der Waals surface area (Å²) in [5.74, 6) is -0.591. The van der Waals surface area contributed by atoms with Crippen LogP contribution in [0.2, 0.25) is 0 Å². The third kappa shape index (κ3) is 6.00. The van der Waals surface area contributed by atoms with E-state index < -0.39 is 5.97 Å². The lowest BCUT2D eigenvalue weighted by atomic mass is 10.2. The van der Waals surface area contributed by atoms with Gasteiger partial charge in [-0.1, -0.05) is 18.2 Å². The van der Waals surface area contributed by atoms with E-state index in [4.69, 9.17) is 9.47 Å². The Morgan fingerprint density at radius 3 is 2.54 bits per heavy atom. The van der Waals surface area contributed by atoms with Gasteiger partial charge in [0.2, 0.25) is 0 Å². The SMILES string of the molecule is Cc1ccccc1SCC(=O)OCC(=O)Nc1ccc(N2CCOCC2)cc1. The zero-order valence-corrected chi connectivity index (χ0v) is 16.7. The molecule has 0 radical (unpaired) electrons. The van der Waals surface area contributed by atoms with E-state index in [1.807, 2.05) is 55.5 Å². The molecule has 2 aromatic rings. The Bertz CT molecular complexity index is 804. The van der Waals surface area contributed by atoms with Crippen molar-refractivity contribution in [2.45, 2.75) is 11.8 Å². The van der Waals surface area contributed by atoms with Crippen LogP contribution >= 0.6 is 11.8 Å². The molecule has 0 aromatic heterocycles. The highest BCUT2D eigenvalue weighted by atomic mass is 32.2. The smallest absolute Gasteiger partial charge is 0.316 e. The van der Waals surface area contributed by atoms with E-state index >= 15 is 0 Å². The van der Waals surface area contributed by atoms with Crippen molar-refractivity contribution >= 4 is 35.0 Å². The van der Waals surface area contributed by atoms with E-state index in [0.29, 0.717) is 5.69 Å². The molecular formula is C21H24N2O4S. The molecule has 1 amide bonds. The van der Waals surface area contributed by atoms with Crippen LogP contribution in [-0.2, 0) is 19.1 Å². The zero-order chi connectivity index (χ0) is 19.8. The highest BCUT2D eigenvalue weighted by Gasteiger charge is 2.12. The third-order valence-electron chi connectivity index (χ3n) is 4.33. The fraction of sp³-hybridized carbons (Fsp3) is 0.333. The van der Waals surface area contributed by atoms with Crippen molar-refractivity contribution in [1.82, 2.24) is 0 Å². The number of nitrogens with one attached hydrogen (secondary N) is 1. The first kappa shape index (κ1) is 20.2. The molecule has 1 fully saturated rings. The number of hydrogen-bond acceptors (Lipinski definition) is 6. The molecule has 0 atom stereocenters. The lowest BCUT2D eigenvalue weighted by Gasteiger charge is -2.28. The molecule has 1 N–H and O–H groups in total. The number of carbonyl (C=O) groups is 2. The van der Waals surface area contributed by atoms with Crippen molar-refractivity contribution in [3.05, 3.63) is 54.1 Å². The minimum Gasteiger partial charge on any atom is -0.455 e. The van der Waals surface area contributed by atoms with Crippen LogP contribution in [0.1, 0.15) is 5.56 Å². The van der Waals surface area contributed by atoms with Crippen LogP contribution in [0.15, 0.2) is 53.4 Å². The fourth-order valence-electron chi connectivity index (χ4n) is 2.82. The van der Waals surface area contributed by atoms with Gasteiger partial charge in [-0.3, -0.25) is 9.59 Å². The van der Waals surface area contributed by atoms with Gasteiger partial charge in [0, 0.05) is 29.4 Å². The van der Waals surface area contributed by atoms with E-state index in [9.17, 15) is 9.59 Å². The molecule has 1 aliphatic rings. The van der Waals surface area contributed by atoms with Gasteiger partial charge in [-0.15, -0.1) is 11.8 Å². The van der Waals surface area contributed by atoms with Crippen LogP contribution in [0.5, 0.6) is 0 Å². The van der Waals surface area contributed by atoms with Crippen molar-refractivity contribution in [1.29, 1.82) is 0 Å². The van der Waals surface area contributed by atoms with Crippen LogP contribution in [0.25, 0.3) is 0 Å². The summed E-state index contributed by atoms with van der Waals surface area (Å²) in [6.07, 6.45) is 0. The second-order valence-electron chi connectivity index (χ2n) is 6.41. The Kier molecular flexibility index (Phi) is 7.33. The molecule has 148 valence electrons. The van der Waals surface area contributed by atoms with Crippen molar-refractivity contribution in [2.24, 2.45) is 0 Å². The topological polar surface area (TPSA) is 67.9 Å². The van der Waals surface area contributed by atoms with Gasteiger partial charge in [0.1, 0.15) is 0 Å². The highest BCUT2D eigenvalue weighted by molar-refractivity contribution is 8.00. The Morgan fingerprint density at radius 1 is 1.11 bits per heavy atom. The lowest BCUT2D eigenvalue weighted by Crippen LogP contribution is -2.36. The average molecular weight is 401 g/mol. The summed E-state index contributed by atoms with van der Waals surface area (Å²) in [5.41, 5.74) is 2.88. The van der Waals surface area contributed by atoms with E-state index in [-0.39, 0.29) is 18.3 Å². The molecule has 0 aliphatic carbocycles. The summed E-state index contributed by atoms with van der Waals surface area (Å²) < 4.78 is 10.4. The molecule has 0 unspecified atom stereocenters. The number of esters is 1. The fourth-order valence-corrected chi connectivity index (χ4v) is 3.64. The summed E-state index contributed by atoms with van der Waals surface area (Å²) in [5, 5.41) is 2.74. The number of morpholine rings is 1. The van der Waals surface area contributed by atoms with Gasteiger partial charge in [0.25, 0.3) is 5.91 Å². The zero-order valence-electron chi connectivity index (χ0n) is 15.8. The second-order valence-corrected chi connectivity index (χ2v) is 7.43. The number of carbonyl (C=O) groups excluding carboxylic acids is 2. The van der Waals surface area contributed by atoms with Crippen LogP contribution in [0.4, 0.5) is 11.4 Å². The Balaban J connectivity index is 1.40. The maximum Gasteiger partial charge on any atom is 0.316 e. The van der Waals surface area contributed by atoms with Crippen molar-refractivity contribution in [3.63, 3.8) is 0 Å². The number of benzene rings is 2. The number of rotatable bonds is 7. The molecule has 7 heteroatoms. The Morgan fingerprint density at radius 2 is 1.82 bits per heavy atom. The number of anilines is 2. The van der Waals surface area contributed by atoms with Gasteiger partial charge < -0.3 is 19.7 Å². The van der Waals surface area contributed by atoms with Gasteiger partial charge in [-0.2, -0.15) is 0 Å². The quantitative estimate of drug-likeness (QED) is 0.569. The van der Waals surface area contributed by atoms with Gasteiger partial charge in [-0.05, 0) is 42.8 Å². The van der Waals surface area contributed by atoms with Crippen molar-refractivity contribution in [3.8, 4) is 0 Å². The summed E-state index contributed by atoms with van der Waals surface area (Å²) in [7, 11) is 0. The maximum atomic E-state index is 12.0. The minimum absolute atomic E-state index is 0.173. The predicted molar refractivity (Wildman–Crippen MR) is 111 cm³/mol. The van der Waals surface area contributed by atoms with E-state index in [2.05, 4.69) is 10.2 Å². The normalized spacial score (nSPS) is 13.8. The van der Waals surface area contributed by atoms with Gasteiger partial charge in [-0.25, -0.2) is 0 Å². The average Bonchev–Trinajstić information content (AvgIpc) is 2.73. The number of nitrogens with zero attached hydrogens (tertiary/aromatic N) is 1. The molecule has 0 saturated carbocycles. The van der Waals surface area contributed by atoms with E-state index in [1.165, 1.54) is 11.8 Å². The first-order valence-electron chi connectivity index (χ1n) is 9.18. The standard InChI is InChI=1S/C21H24N2O4S/c1-16-4-2-3-5-19(16)28-15-21(25)27-14-20(24)22-17-6-8-18(9-7-17)23-10-12-26-13-11-23/h2-9H,10-15H2,1H3,(H,22,24). The number of hydrogen-bond donors (Lipinski definition) is 1. The minimum atomic E-state index is -0.411. The number of aryl methyl sites for hydroxylation is 1. The molecule has 0 spiro atoms. The molecular weight excluding hydrogens is 376 g/mol. The number of thioether (sulfide) groups is 1.